The molecule has 1 aromatic rings. The molecule has 0 saturated carbocycles. The Labute approximate surface area is 88.0 Å². The zero-order valence-electron chi connectivity index (χ0n) is 8.66. The lowest BCUT2D eigenvalue weighted by Crippen LogP contribution is -2.04. The van der Waals surface area contributed by atoms with Crippen LogP contribution >= 0.6 is 0 Å². The van der Waals surface area contributed by atoms with Crippen LogP contribution in [0.15, 0.2) is 16.5 Å². The topological polar surface area (TPSA) is 71.7 Å². The molecule has 0 spiro atoms. The standard InChI is InChI=1S/C10H15NO4/c1-2-14-7-3-6-11-9-5-4-8(15-9)10(12)13/h4-5,11H,2-3,6-7H2,1H3,(H,12,13). The van der Waals surface area contributed by atoms with Crippen LogP contribution in [0.25, 0.3) is 0 Å². The Kier molecular flexibility index (Phi) is 4.70. The third-order valence-corrected chi connectivity index (χ3v) is 1.79. The van der Waals surface area contributed by atoms with Gasteiger partial charge < -0.3 is 19.6 Å². The summed E-state index contributed by atoms with van der Waals surface area (Å²) in [6, 6.07) is 3.03. The molecular formula is C10H15NO4. The summed E-state index contributed by atoms with van der Waals surface area (Å²) in [5.74, 6) is -0.636. The van der Waals surface area contributed by atoms with Gasteiger partial charge in [0.15, 0.2) is 5.88 Å². The highest BCUT2D eigenvalue weighted by Crippen LogP contribution is 2.12. The SMILES string of the molecule is CCOCCCNc1ccc(C(=O)O)o1. The zero-order chi connectivity index (χ0) is 11.1. The summed E-state index contributed by atoms with van der Waals surface area (Å²) in [7, 11) is 0. The van der Waals surface area contributed by atoms with Crippen LogP contribution in [-0.4, -0.2) is 30.8 Å². The lowest BCUT2D eigenvalue weighted by Gasteiger charge is -2.02. The van der Waals surface area contributed by atoms with E-state index in [0.717, 1.165) is 6.42 Å². The molecule has 0 aliphatic heterocycles. The van der Waals surface area contributed by atoms with E-state index in [4.69, 9.17) is 14.3 Å². The number of furan rings is 1. The summed E-state index contributed by atoms with van der Waals surface area (Å²) in [5, 5.41) is 11.6. The number of aromatic carboxylic acids is 1. The Balaban J connectivity index is 2.23. The molecule has 5 nitrogen and oxygen atoms in total. The first-order valence-electron chi connectivity index (χ1n) is 4.88. The lowest BCUT2D eigenvalue weighted by atomic mass is 10.4. The molecule has 1 aromatic heterocycles. The molecule has 0 bridgehead atoms. The Hall–Kier alpha value is -1.49. The van der Waals surface area contributed by atoms with Gasteiger partial charge >= 0.3 is 5.97 Å². The van der Waals surface area contributed by atoms with Crippen LogP contribution in [0.5, 0.6) is 0 Å². The highest BCUT2D eigenvalue weighted by Gasteiger charge is 2.07. The van der Waals surface area contributed by atoms with E-state index in [2.05, 4.69) is 5.32 Å². The average molecular weight is 213 g/mol. The van der Waals surface area contributed by atoms with Gasteiger partial charge in [-0.2, -0.15) is 0 Å². The summed E-state index contributed by atoms with van der Waals surface area (Å²) < 4.78 is 10.2. The van der Waals surface area contributed by atoms with Crippen molar-refractivity contribution in [2.24, 2.45) is 0 Å². The highest BCUT2D eigenvalue weighted by atomic mass is 16.5. The van der Waals surface area contributed by atoms with E-state index < -0.39 is 5.97 Å². The van der Waals surface area contributed by atoms with E-state index in [1.54, 1.807) is 6.07 Å². The smallest absolute Gasteiger partial charge is 0.371 e. The number of carboxylic acids is 1. The fourth-order valence-corrected chi connectivity index (χ4v) is 1.08. The second-order valence-electron chi connectivity index (χ2n) is 2.95. The van der Waals surface area contributed by atoms with Crippen molar-refractivity contribution < 1.29 is 19.1 Å². The Morgan fingerprint density at radius 3 is 3.00 bits per heavy atom. The Morgan fingerprint density at radius 2 is 2.40 bits per heavy atom. The zero-order valence-corrected chi connectivity index (χ0v) is 8.66. The minimum Gasteiger partial charge on any atom is -0.475 e. The third kappa shape index (κ3) is 4.03. The van der Waals surface area contributed by atoms with Gasteiger partial charge in [-0.05, 0) is 19.4 Å². The number of ether oxygens (including phenoxy) is 1. The second kappa shape index (κ2) is 6.08. The van der Waals surface area contributed by atoms with E-state index in [1.807, 2.05) is 6.92 Å². The van der Waals surface area contributed by atoms with Crippen LogP contribution in [0.4, 0.5) is 5.88 Å². The summed E-state index contributed by atoms with van der Waals surface area (Å²) in [6.07, 6.45) is 0.858. The molecule has 0 fully saturated rings. The maximum Gasteiger partial charge on any atom is 0.371 e. The number of carboxylic acid groups (broad SMARTS) is 1. The predicted octanol–water partition coefficient (Wildman–Crippen LogP) is 1.82. The normalized spacial score (nSPS) is 10.2. The predicted molar refractivity (Wildman–Crippen MR) is 55.3 cm³/mol. The average Bonchev–Trinajstić information content (AvgIpc) is 2.66. The van der Waals surface area contributed by atoms with Crippen molar-refractivity contribution in [3.63, 3.8) is 0 Å². The van der Waals surface area contributed by atoms with Crippen molar-refractivity contribution in [1.29, 1.82) is 0 Å². The minimum absolute atomic E-state index is 0.0534. The summed E-state index contributed by atoms with van der Waals surface area (Å²) >= 11 is 0. The van der Waals surface area contributed by atoms with Gasteiger partial charge in [0.1, 0.15) is 0 Å². The van der Waals surface area contributed by atoms with Crippen molar-refractivity contribution >= 4 is 11.9 Å². The van der Waals surface area contributed by atoms with Gasteiger partial charge in [0.2, 0.25) is 5.76 Å². The van der Waals surface area contributed by atoms with Gasteiger partial charge in [0.25, 0.3) is 0 Å². The van der Waals surface area contributed by atoms with E-state index in [-0.39, 0.29) is 5.76 Å². The summed E-state index contributed by atoms with van der Waals surface area (Å²) in [4.78, 5) is 10.5. The lowest BCUT2D eigenvalue weighted by molar-refractivity contribution is 0.0663. The molecule has 0 aromatic carbocycles. The first kappa shape index (κ1) is 11.6. The van der Waals surface area contributed by atoms with Gasteiger partial charge in [-0.3, -0.25) is 0 Å². The van der Waals surface area contributed by atoms with Crippen LogP contribution in [0.2, 0.25) is 0 Å². The molecule has 0 unspecified atom stereocenters. The molecule has 0 radical (unpaired) electrons. The largest absolute Gasteiger partial charge is 0.475 e. The molecular weight excluding hydrogens is 198 g/mol. The minimum atomic E-state index is -1.06. The highest BCUT2D eigenvalue weighted by molar-refractivity contribution is 5.84. The molecule has 15 heavy (non-hydrogen) atoms. The number of hydrogen-bond donors (Lipinski definition) is 2. The third-order valence-electron chi connectivity index (χ3n) is 1.79. The van der Waals surface area contributed by atoms with Crippen molar-refractivity contribution in [3.8, 4) is 0 Å². The van der Waals surface area contributed by atoms with Crippen LogP contribution in [0.3, 0.4) is 0 Å². The van der Waals surface area contributed by atoms with Crippen LogP contribution in [0.1, 0.15) is 23.9 Å². The molecule has 0 amide bonds. The van der Waals surface area contributed by atoms with Crippen LogP contribution < -0.4 is 5.32 Å². The van der Waals surface area contributed by atoms with Crippen molar-refractivity contribution in [3.05, 3.63) is 17.9 Å². The number of anilines is 1. The molecule has 1 rings (SSSR count). The van der Waals surface area contributed by atoms with Gasteiger partial charge in [-0.25, -0.2) is 4.79 Å². The molecule has 84 valence electrons. The maximum atomic E-state index is 10.5. The fraction of sp³-hybridized carbons (Fsp3) is 0.500. The molecule has 1 heterocycles. The Bertz CT molecular complexity index is 308. The molecule has 0 aliphatic rings. The Morgan fingerprint density at radius 1 is 1.60 bits per heavy atom. The molecule has 0 saturated heterocycles. The van der Waals surface area contributed by atoms with E-state index in [0.29, 0.717) is 25.6 Å². The summed E-state index contributed by atoms with van der Waals surface area (Å²) in [5.41, 5.74) is 0. The fourth-order valence-electron chi connectivity index (χ4n) is 1.08. The summed E-state index contributed by atoms with van der Waals surface area (Å²) in [6.45, 7) is 4.05. The molecule has 0 atom stereocenters. The number of carbonyl (C=O) groups is 1. The van der Waals surface area contributed by atoms with Crippen molar-refractivity contribution in [2.75, 3.05) is 25.1 Å². The molecule has 5 heteroatoms. The number of nitrogens with one attached hydrogen (secondary N) is 1. The first-order valence-corrected chi connectivity index (χ1v) is 4.88. The molecule has 0 aliphatic carbocycles. The second-order valence-corrected chi connectivity index (χ2v) is 2.95. The van der Waals surface area contributed by atoms with Crippen molar-refractivity contribution in [2.45, 2.75) is 13.3 Å². The van der Waals surface area contributed by atoms with E-state index in [9.17, 15) is 4.79 Å². The van der Waals surface area contributed by atoms with Gasteiger partial charge in [0.05, 0.1) is 0 Å². The monoisotopic (exact) mass is 213 g/mol. The maximum absolute atomic E-state index is 10.5. The number of rotatable bonds is 7. The quantitative estimate of drug-likeness (QED) is 0.676. The van der Waals surface area contributed by atoms with Crippen LogP contribution in [0, 0.1) is 0 Å². The van der Waals surface area contributed by atoms with E-state index in [1.165, 1.54) is 6.07 Å². The van der Waals surface area contributed by atoms with Gasteiger partial charge in [-0.15, -0.1) is 0 Å². The molecule has 2 N–H and O–H groups in total. The van der Waals surface area contributed by atoms with E-state index >= 15 is 0 Å². The number of hydrogen-bond acceptors (Lipinski definition) is 4. The first-order chi connectivity index (χ1) is 7.24. The van der Waals surface area contributed by atoms with Crippen LogP contribution in [-0.2, 0) is 4.74 Å². The van der Waals surface area contributed by atoms with Gasteiger partial charge in [0, 0.05) is 25.8 Å². The van der Waals surface area contributed by atoms with Gasteiger partial charge in [-0.1, -0.05) is 0 Å². The van der Waals surface area contributed by atoms with Crippen molar-refractivity contribution in [1.82, 2.24) is 0 Å².